The SMILES string of the molecule is CCNC(c1ccc(F)c(Br)c1)C(C)C. The zero-order chi connectivity index (χ0) is 11.4. The number of benzene rings is 1. The third-order valence-electron chi connectivity index (χ3n) is 2.39. The van der Waals surface area contributed by atoms with Gasteiger partial charge < -0.3 is 5.32 Å². The molecule has 0 saturated heterocycles. The number of rotatable bonds is 4. The van der Waals surface area contributed by atoms with E-state index in [2.05, 4.69) is 42.0 Å². The summed E-state index contributed by atoms with van der Waals surface area (Å²) in [5.74, 6) is 0.278. The molecule has 3 heteroatoms. The van der Waals surface area contributed by atoms with E-state index in [0.717, 1.165) is 12.1 Å². The third-order valence-corrected chi connectivity index (χ3v) is 3.00. The monoisotopic (exact) mass is 273 g/mol. The summed E-state index contributed by atoms with van der Waals surface area (Å²) in [5, 5.41) is 3.40. The van der Waals surface area contributed by atoms with Crippen molar-refractivity contribution in [2.75, 3.05) is 6.54 Å². The summed E-state index contributed by atoms with van der Waals surface area (Å²) in [6.45, 7) is 7.31. The van der Waals surface area contributed by atoms with Crippen LogP contribution in [0.25, 0.3) is 0 Å². The van der Waals surface area contributed by atoms with Crippen LogP contribution in [0.3, 0.4) is 0 Å². The van der Waals surface area contributed by atoms with Gasteiger partial charge in [0.05, 0.1) is 4.47 Å². The lowest BCUT2D eigenvalue weighted by Gasteiger charge is -2.22. The fourth-order valence-electron chi connectivity index (χ4n) is 1.66. The molecule has 0 aliphatic rings. The van der Waals surface area contributed by atoms with E-state index in [1.165, 1.54) is 6.07 Å². The first kappa shape index (κ1) is 12.7. The van der Waals surface area contributed by atoms with Crippen LogP contribution in [0.2, 0.25) is 0 Å². The molecule has 0 saturated carbocycles. The molecule has 1 N–H and O–H groups in total. The maximum atomic E-state index is 13.1. The summed E-state index contributed by atoms with van der Waals surface area (Å²) in [6, 6.07) is 5.48. The van der Waals surface area contributed by atoms with E-state index in [1.807, 2.05) is 12.1 Å². The van der Waals surface area contributed by atoms with Crippen molar-refractivity contribution in [1.29, 1.82) is 0 Å². The quantitative estimate of drug-likeness (QED) is 0.878. The van der Waals surface area contributed by atoms with Crippen molar-refractivity contribution in [2.45, 2.75) is 26.8 Å². The van der Waals surface area contributed by atoms with Gasteiger partial charge in [-0.05, 0) is 46.1 Å². The van der Waals surface area contributed by atoms with Crippen molar-refractivity contribution >= 4 is 15.9 Å². The van der Waals surface area contributed by atoms with Gasteiger partial charge in [0.2, 0.25) is 0 Å². The Kier molecular flexibility index (Phi) is 4.74. The fraction of sp³-hybridized carbons (Fsp3) is 0.500. The predicted molar refractivity (Wildman–Crippen MR) is 65.4 cm³/mol. The molecule has 0 aliphatic carbocycles. The predicted octanol–water partition coefficient (Wildman–Crippen LogP) is 3.89. The van der Waals surface area contributed by atoms with E-state index >= 15 is 0 Å². The van der Waals surface area contributed by atoms with Crippen LogP contribution < -0.4 is 5.32 Å². The Morgan fingerprint density at radius 1 is 1.40 bits per heavy atom. The Balaban J connectivity index is 2.95. The van der Waals surface area contributed by atoms with Gasteiger partial charge in [0.25, 0.3) is 0 Å². The van der Waals surface area contributed by atoms with Crippen LogP contribution in [0.15, 0.2) is 22.7 Å². The van der Waals surface area contributed by atoms with Crippen LogP contribution in [-0.2, 0) is 0 Å². The standard InChI is InChI=1S/C12H17BrFN/c1-4-15-12(8(2)3)9-5-6-11(14)10(13)7-9/h5-8,12,15H,4H2,1-3H3. The number of hydrogen-bond acceptors (Lipinski definition) is 1. The summed E-state index contributed by atoms with van der Waals surface area (Å²) in [5.41, 5.74) is 1.13. The van der Waals surface area contributed by atoms with Gasteiger partial charge in [-0.25, -0.2) is 4.39 Å². The molecule has 0 spiro atoms. The molecule has 1 unspecified atom stereocenters. The summed E-state index contributed by atoms with van der Waals surface area (Å²) in [6.07, 6.45) is 0. The van der Waals surface area contributed by atoms with E-state index in [9.17, 15) is 4.39 Å². The zero-order valence-electron chi connectivity index (χ0n) is 9.35. The van der Waals surface area contributed by atoms with Gasteiger partial charge in [-0.15, -0.1) is 0 Å². The van der Waals surface area contributed by atoms with Gasteiger partial charge in [-0.3, -0.25) is 0 Å². The second-order valence-electron chi connectivity index (χ2n) is 3.95. The molecule has 0 amide bonds. The average Bonchev–Trinajstić information content (AvgIpc) is 2.18. The summed E-state index contributed by atoms with van der Waals surface area (Å²) < 4.78 is 13.6. The second kappa shape index (κ2) is 5.61. The Morgan fingerprint density at radius 2 is 2.07 bits per heavy atom. The van der Waals surface area contributed by atoms with E-state index in [-0.39, 0.29) is 11.9 Å². The Labute approximate surface area is 99.2 Å². The number of hydrogen-bond donors (Lipinski definition) is 1. The minimum Gasteiger partial charge on any atom is -0.310 e. The maximum absolute atomic E-state index is 13.1. The molecule has 1 aromatic carbocycles. The minimum atomic E-state index is -0.210. The Bertz CT molecular complexity index is 325. The lowest BCUT2D eigenvalue weighted by molar-refractivity contribution is 0.421. The largest absolute Gasteiger partial charge is 0.310 e. The third kappa shape index (κ3) is 3.28. The molecule has 0 aliphatic heterocycles. The summed E-state index contributed by atoms with van der Waals surface area (Å²) in [7, 11) is 0. The molecular formula is C12H17BrFN. The van der Waals surface area contributed by atoms with Crippen LogP contribution in [0, 0.1) is 11.7 Å². The van der Waals surface area contributed by atoms with Crippen molar-refractivity contribution in [3.63, 3.8) is 0 Å². The molecule has 0 radical (unpaired) electrons. The fourth-order valence-corrected chi connectivity index (χ4v) is 2.06. The molecule has 1 atom stereocenters. The zero-order valence-corrected chi connectivity index (χ0v) is 10.9. The summed E-state index contributed by atoms with van der Waals surface area (Å²) >= 11 is 3.21. The van der Waals surface area contributed by atoms with E-state index in [0.29, 0.717) is 10.4 Å². The molecule has 1 nitrogen and oxygen atoms in total. The highest BCUT2D eigenvalue weighted by atomic mass is 79.9. The first-order valence-corrected chi connectivity index (χ1v) is 6.04. The first-order valence-electron chi connectivity index (χ1n) is 5.24. The van der Waals surface area contributed by atoms with Crippen LogP contribution in [0.1, 0.15) is 32.4 Å². The minimum absolute atomic E-state index is 0.210. The molecule has 0 fully saturated rings. The van der Waals surface area contributed by atoms with Gasteiger partial charge in [-0.1, -0.05) is 26.8 Å². The van der Waals surface area contributed by atoms with Gasteiger partial charge in [-0.2, -0.15) is 0 Å². The molecule has 0 bridgehead atoms. The molecule has 84 valence electrons. The van der Waals surface area contributed by atoms with E-state index in [1.54, 1.807) is 0 Å². The number of halogens is 2. The van der Waals surface area contributed by atoms with Crippen molar-refractivity contribution < 1.29 is 4.39 Å². The highest BCUT2D eigenvalue weighted by Crippen LogP contribution is 2.25. The van der Waals surface area contributed by atoms with Gasteiger partial charge in [0, 0.05) is 6.04 Å². The van der Waals surface area contributed by atoms with Crippen LogP contribution in [0.4, 0.5) is 4.39 Å². The molecular weight excluding hydrogens is 257 g/mol. The molecule has 0 heterocycles. The molecule has 1 aromatic rings. The first-order chi connectivity index (χ1) is 7.06. The maximum Gasteiger partial charge on any atom is 0.137 e. The summed E-state index contributed by atoms with van der Waals surface area (Å²) in [4.78, 5) is 0. The molecule has 15 heavy (non-hydrogen) atoms. The van der Waals surface area contributed by atoms with Crippen LogP contribution in [-0.4, -0.2) is 6.54 Å². The van der Waals surface area contributed by atoms with Crippen molar-refractivity contribution in [3.05, 3.63) is 34.1 Å². The lowest BCUT2D eigenvalue weighted by atomic mass is 9.96. The molecule has 0 aromatic heterocycles. The van der Waals surface area contributed by atoms with Crippen molar-refractivity contribution in [1.82, 2.24) is 5.32 Å². The Hall–Kier alpha value is -0.410. The molecule has 1 rings (SSSR count). The van der Waals surface area contributed by atoms with Crippen molar-refractivity contribution in [2.24, 2.45) is 5.92 Å². The van der Waals surface area contributed by atoms with E-state index < -0.39 is 0 Å². The smallest absolute Gasteiger partial charge is 0.137 e. The number of nitrogens with one attached hydrogen (secondary N) is 1. The van der Waals surface area contributed by atoms with Gasteiger partial charge in [0.15, 0.2) is 0 Å². The van der Waals surface area contributed by atoms with E-state index in [4.69, 9.17) is 0 Å². The van der Waals surface area contributed by atoms with Crippen molar-refractivity contribution in [3.8, 4) is 0 Å². The highest BCUT2D eigenvalue weighted by molar-refractivity contribution is 9.10. The van der Waals surface area contributed by atoms with Crippen LogP contribution >= 0.6 is 15.9 Å². The van der Waals surface area contributed by atoms with Gasteiger partial charge in [0.1, 0.15) is 5.82 Å². The highest BCUT2D eigenvalue weighted by Gasteiger charge is 2.15. The Morgan fingerprint density at radius 3 is 2.53 bits per heavy atom. The van der Waals surface area contributed by atoms with Crippen LogP contribution in [0.5, 0.6) is 0 Å². The normalized spacial score (nSPS) is 13.2. The lowest BCUT2D eigenvalue weighted by Crippen LogP contribution is -2.25. The van der Waals surface area contributed by atoms with Gasteiger partial charge >= 0.3 is 0 Å². The topological polar surface area (TPSA) is 12.0 Å². The average molecular weight is 274 g/mol. The second-order valence-corrected chi connectivity index (χ2v) is 4.81.